The highest BCUT2D eigenvalue weighted by atomic mass is 19.2. The van der Waals surface area contributed by atoms with Crippen LogP contribution in [0.2, 0.25) is 0 Å². The van der Waals surface area contributed by atoms with Crippen molar-refractivity contribution in [3.63, 3.8) is 0 Å². The van der Waals surface area contributed by atoms with Crippen LogP contribution in [0.3, 0.4) is 0 Å². The maximum absolute atomic E-state index is 14.0. The van der Waals surface area contributed by atoms with Gasteiger partial charge in [0.2, 0.25) is 11.8 Å². The van der Waals surface area contributed by atoms with Crippen molar-refractivity contribution in [3.8, 4) is 0 Å². The zero-order chi connectivity index (χ0) is 21.1. The van der Waals surface area contributed by atoms with Gasteiger partial charge in [-0.05, 0) is 31.7 Å². The molecule has 1 N–H and O–H groups in total. The molecule has 2 fully saturated rings. The summed E-state index contributed by atoms with van der Waals surface area (Å²) in [5, 5.41) is 9.57. The standard InChI is InChI=1S/C21H26F2N2O4/c1-2-24(17(21(28)29)10-13-6-7-13)19(27)11-15-8-9-18(26)25(15)12-14-4-3-5-16(22)20(14)23/h3-5,13,15,17H,2,6-12H2,1H3,(H,28,29)/t15-,17-/m0/s1. The number of amides is 2. The molecule has 0 unspecified atom stereocenters. The summed E-state index contributed by atoms with van der Waals surface area (Å²) in [7, 11) is 0. The van der Waals surface area contributed by atoms with Crippen LogP contribution in [-0.4, -0.2) is 51.3 Å². The molecule has 2 atom stereocenters. The lowest BCUT2D eigenvalue weighted by Crippen LogP contribution is -2.47. The van der Waals surface area contributed by atoms with Gasteiger partial charge in [0.15, 0.2) is 11.6 Å². The van der Waals surface area contributed by atoms with Gasteiger partial charge < -0.3 is 14.9 Å². The van der Waals surface area contributed by atoms with Crippen LogP contribution in [0.1, 0.15) is 51.0 Å². The number of hydrogen-bond donors (Lipinski definition) is 1. The monoisotopic (exact) mass is 408 g/mol. The molecule has 158 valence electrons. The molecule has 29 heavy (non-hydrogen) atoms. The lowest BCUT2D eigenvalue weighted by atomic mass is 10.1. The third-order valence-electron chi connectivity index (χ3n) is 5.81. The number of carbonyl (C=O) groups excluding carboxylic acids is 2. The van der Waals surface area contributed by atoms with E-state index in [0.717, 1.165) is 18.9 Å². The summed E-state index contributed by atoms with van der Waals surface area (Å²) >= 11 is 0. The van der Waals surface area contributed by atoms with Gasteiger partial charge in [0, 0.05) is 37.5 Å². The van der Waals surface area contributed by atoms with Crippen molar-refractivity contribution < 1.29 is 28.3 Å². The van der Waals surface area contributed by atoms with Crippen LogP contribution in [0, 0.1) is 17.6 Å². The molecule has 1 aliphatic heterocycles. The molecule has 8 heteroatoms. The molecule has 1 aromatic carbocycles. The van der Waals surface area contributed by atoms with Gasteiger partial charge in [-0.1, -0.05) is 25.0 Å². The van der Waals surface area contributed by atoms with Crippen LogP contribution in [-0.2, 0) is 20.9 Å². The molecule has 1 saturated heterocycles. The van der Waals surface area contributed by atoms with E-state index in [2.05, 4.69) is 0 Å². The first-order valence-corrected chi connectivity index (χ1v) is 10.1. The SMILES string of the molecule is CCN(C(=O)C[C@@H]1CCC(=O)N1Cc1cccc(F)c1F)[C@@H](CC1CC1)C(=O)O. The lowest BCUT2D eigenvalue weighted by molar-refractivity contribution is -0.151. The second-order valence-corrected chi connectivity index (χ2v) is 7.84. The number of likely N-dealkylation sites (tertiary alicyclic amines) is 1. The fourth-order valence-corrected chi connectivity index (χ4v) is 4.00. The van der Waals surface area contributed by atoms with Gasteiger partial charge in [-0.2, -0.15) is 0 Å². The van der Waals surface area contributed by atoms with Crippen LogP contribution < -0.4 is 0 Å². The molecule has 0 spiro atoms. The molecular formula is C21H26F2N2O4. The zero-order valence-corrected chi connectivity index (χ0v) is 16.4. The number of carboxylic acid groups (broad SMARTS) is 1. The Morgan fingerprint density at radius 3 is 2.62 bits per heavy atom. The van der Waals surface area contributed by atoms with E-state index in [0.29, 0.717) is 18.8 Å². The number of halogens is 2. The summed E-state index contributed by atoms with van der Waals surface area (Å²) in [6.07, 6.45) is 3.05. The first-order valence-electron chi connectivity index (χ1n) is 10.1. The topological polar surface area (TPSA) is 77.9 Å². The van der Waals surface area contributed by atoms with Crippen molar-refractivity contribution in [1.29, 1.82) is 0 Å². The van der Waals surface area contributed by atoms with Gasteiger partial charge in [-0.15, -0.1) is 0 Å². The maximum Gasteiger partial charge on any atom is 0.326 e. The maximum atomic E-state index is 14.0. The van der Waals surface area contributed by atoms with Gasteiger partial charge in [0.05, 0.1) is 0 Å². The molecule has 0 bridgehead atoms. The third-order valence-corrected chi connectivity index (χ3v) is 5.81. The highest BCUT2D eigenvalue weighted by Crippen LogP contribution is 2.35. The smallest absolute Gasteiger partial charge is 0.326 e. The van der Waals surface area contributed by atoms with E-state index in [9.17, 15) is 28.3 Å². The molecule has 0 aromatic heterocycles. The van der Waals surface area contributed by atoms with E-state index in [1.807, 2.05) is 0 Å². The first-order chi connectivity index (χ1) is 13.8. The Morgan fingerprint density at radius 2 is 2.00 bits per heavy atom. The number of benzene rings is 1. The normalized spacial score (nSPS) is 20.0. The summed E-state index contributed by atoms with van der Waals surface area (Å²) in [5.74, 6) is -3.20. The number of hydrogen-bond acceptors (Lipinski definition) is 3. The molecule has 6 nitrogen and oxygen atoms in total. The molecule has 3 rings (SSSR count). The average Bonchev–Trinajstić information content (AvgIpc) is 3.44. The minimum absolute atomic E-state index is 0.0229. The summed E-state index contributed by atoms with van der Waals surface area (Å²) in [4.78, 5) is 39.7. The van der Waals surface area contributed by atoms with E-state index in [1.54, 1.807) is 6.92 Å². The molecular weight excluding hydrogens is 382 g/mol. The Labute approximate surface area is 168 Å². The highest BCUT2D eigenvalue weighted by Gasteiger charge is 2.38. The first kappa shape index (κ1) is 21.2. The number of carboxylic acids is 1. The molecule has 2 amide bonds. The molecule has 1 heterocycles. The van der Waals surface area contributed by atoms with E-state index in [-0.39, 0.29) is 43.3 Å². The highest BCUT2D eigenvalue weighted by molar-refractivity contribution is 5.85. The molecule has 0 radical (unpaired) electrons. The van der Waals surface area contributed by atoms with Crippen LogP contribution in [0.25, 0.3) is 0 Å². The Hall–Kier alpha value is -2.51. The van der Waals surface area contributed by atoms with Crippen molar-refractivity contribution >= 4 is 17.8 Å². The van der Waals surface area contributed by atoms with E-state index < -0.39 is 29.7 Å². The minimum atomic E-state index is -1.02. The van der Waals surface area contributed by atoms with Gasteiger partial charge in [0.1, 0.15) is 6.04 Å². The van der Waals surface area contributed by atoms with E-state index in [1.165, 1.54) is 21.9 Å². The van der Waals surface area contributed by atoms with Crippen LogP contribution >= 0.6 is 0 Å². The largest absolute Gasteiger partial charge is 0.480 e. The predicted molar refractivity (Wildman–Crippen MR) is 101 cm³/mol. The summed E-state index contributed by atoms with van der Waals surface area (Å²) in [6.45, 7) is 1.89. The van der Waals surface area contributed by atoms with E-state index in [4.69, 9.17) is 0 Å². The third kappa shape index (κ3) is 4.92. The lowest BCUT2D eigenvalue weighted by Gasteiger charge is -2.31. The summed E-state index contributed by atoms with van der Waals surface area (Å²) in [5.41, 5.74) is 0.0576. The summed E-state index contributed by atoms with van der Waals surface area (Å²) in [6, 6.07) is 2.48. The van der Waals surface area contributed by atoms with Crippen molar-refractivity contribution in [2.75, 3.05) is 6.54 Å². The molecule has 1 saturated carbocycles. The number of nitrogens with zero attached hydrogens (tertiary/aromatic N) is 2. The average molecular weight is 408 g/mol. The number of carbonyl (C=O) groups is 3. The van der Waals surface area contributed by atoms with Crippen LogP contribution in [0.4, 0.5) is 8.78 Å². The fourth-order valence-electron chi connectivity index (χ4n) is 4.00. The Kier molecular flexibility index (Phi) is 6.49. The number of rotatable bonds is 9. The minimum Gasteiger partial charge on any atom is -0.480 e. The fraction of sp³-hybridized carbons (Fsp3) is 0.571. The Balaban J connectivity index is 1.70. The van der Waals surface area contributed by atoms with Crippen molar-refractivity contribution in [2.24, 2.45) is 5.92 Å². The van der Waals surface area contributed by atoms with Gasteiger partial charge >= 0.3 is 5.97 Å². The second kappa shape index (κ2) is 8.88. The summed E-state index contributed by atoms with van der Waals surface area (Å²) < 4.78 is 27.5. The quantitative estimate of drug-likeness (QED) is 0.682. The van der Waals surface area contributed by atoms with Crippen molar-refractivity contribution in [3.05, 3.63) is 35.4 Å². The van der Waals surface area contributed by atoms with Crippen molar-refractivity contribution in [1.82, 2.24) is 9.80 Å². The molecule has 1 aliphatic carbocycles. The predicted octanol–water partition coefficient (Wildman–Crippen LogP) is 2.95. The van der Waals surface area contributed by atoms with Crippen LogP contribution in [0.5, 0.6) is 0 Å². The molecule has 2 aliphatic rings. The Morgan fingerprint density at radius 1 is 1.28 bits per heavy atom. The van der Waals surface area contributed by atoms with E-state index >= 15 is 0 Å². The Bertz CT molecular complexity index is 797. The van der Waals surface area contributed by atoms with Crippen LogP contribution in [0.15, 0.2) is 18.2 Å². The van der Waals surface area contributed by atoms with Gasteiger partial charge in [0.25, 0.3) is 0 Å². The molecule has 1 aromatic rings. The number of likely N-dealkylation sites (N-methyl/N-ethyl adjacent to an activating group) is 1. The van der Waals surface area contributed by atoms with Gasteiger partial charge in [-0.3, -0.25) is 9.59 Å². The zero-order valence-electron chi connectivity index (χ0n) is 16.4. The second-order valence-electron chi connectivity index (χ2n) is 7.84. The van der Waals surface area contributed by atoms with Gasteiger partial charge in [-0.25, -0.2) is 13.6 Å². The number of aliphatic carboxylic acids is 1. The van der Waals surface area contributed by atoms with Crippen molar-refractivity contribution in [2.45, 2.75) is 64.1 Å².